The number of rotatable bonds is 7. The summed E-state index contributed by atoms with van der Waals surface area (Å²) >= 11 is 0. The van der Waals surface area contributed by atoms with Gasteiger partial charge in [-0.1, -0.05) is 75.5 Å². The minimum atomic E-state index is -0.674. The molecule has 1 atom stereocenters. The molecule has 1 aromatic carbocycles. The van der Waals surface area contributed by atoms with E-state index in [1.165, 1.54) is 37.7 Å². The van der Waals surface area contributed by atoms with Crippen molar-refractivity contribution in [2.75, 3.05) is 0 Å². The van der Waals surface area contributed by atoms with Crippen LogP contribution in [0.2, 0.25) is 0 Å². The van der Waals surface area contributed by atoms with Gasteiger partial charge in [0.2, 0.25) is 0 Å². The van der Waals surface area contributed by atoms with E-state index in [4.69, 9.17) is 0 Å². The van der Waals surface area contributed by atoms with Crippen LogP contribution in [0, 0.1) is 23.5 Å². The molecule has 0 amide bonds. The molecule has 0 nitrogen and oxygen atoms in total. The van der Waals surface area contributed by atoms with E-state index in [1.807, 2.05) is 12.1 Å². The summed E-state index contributed by atoms with van der Waals surface area (Å²) in [5.74, 6) is 0.458. The Hall–Kier alpha value is -1.44. The van der Waals surface area contributed by atoms with Crippen molar-refractivity contribution in [3.05, 3.63) is 52.6 Å². The molecule has 0 saturated heterocycles. The first kappa shape index (κ1) is 21.3. The molecule has 2 aliphatic rings. The molecule has 3 rings (SSSR count). The van der Waals surface area contributed by atoms with E-state index in [-0.39, 0.29) is 5.92 Å². The van der Waals surface area contributed by atoms with Crippen LogP contribution in [0.25, 0.3) is 6.08 Å². The molecule has 0 bridgehead atoms. The van der Waals surface area contributed by atoms with Gasteiger partial charge in [0.05, 0.1) is 0 Å². The van der Waals surface area contributed by atoms with Gasteiger partial charge in [-0.05, 0) is 68.3 Å². The van der Waals surface area contributed by atoms with Gasteiger partial charge in [0.15, 0.2) is 11.6 Å². The Bertz CT molecular complexity index is 693. The predicted molar refractivity (Wildman–Crippen MR) is 115 cm³/mol. The van der Waals surface area contributed by atoms with Crippen molar-refractivity contribution in [3.63, 3.8) is 0 Å². The van der Waals surface area contributed by atoms with Gasteiger partial charge in [0, 0.05) is 5.56 Å². The highest BCUT2D eigenvalue weighted by molar-refractivity contribution is 5.51. The SMILES string of the molecule is CCCC1CC=C(CC/C=C/c2ccc(C3CCC(C)CC3)c(F)c2F)CC1. The highest BCUT2D eigenvalue weighted by Gasteiger charge is 2.24. The summed E-state index contributed by atoms with van der Waals surface area (Å²) in [7, 11) is 0. The Morgan fingerprint density at radius 3 is 2.50 bits per heavy atom. The largest absolute Gasteiger partial charge is 0.203 e. The number of benzene rings is 1. The van der Waals surface area contributed by atoms with Gasteiger partial charge >= 0.3 is 0 Å². The highest BCUT2D eigenvalue weighted by atomic mass is 19.2. The summed E-state index contributed by atoms with van der Waals surface area (Å²) in [6.45, 7) is 4.50. The molecule has 2 heteroatoms. The van der Waals surface area contributed by atoms with E-state index in [1.54, 1.807) is 12.1 Å². The van der Waals surface area contributed by atoms with Crippen molar-refractivity contribution in [3.8, 4) is 0 Å². The van der Waals surface area contributed by atoms with Crippen LogP contribution in [0.5, 0.6) is 0 Å². The maximum Gasteiger partial charge on any atom is 0.166 e. The minimum absolute atomic E-state index is 0.179. The molecule has 0 spiro atoms. The Balaban J connectivity index is 1.54. The summed E-state index contributed by atoms with van der Waals surface area (Å²) in [5.41, 5.74) is 2.49. The molecule has 0 aliphatic heterocycles. The lowest BCUT2D eigenvalue weighted by atomic mass is 9.79. The molecule has 154 valence electrons. The zero-order valence-electron chi connectivity index (χ0n) is 17.7. The Morgan fingerprint density at radius 2 is 1.82 bits per heavy atom. The molecule has 1 saturated carbocycles. The van der Waals surface area contributed by atoms with Gasteiger partial charge in [0.1, 0.15) is 0 Å². The molecule has 0 N–H and O–H groups in total. The van der Waals surface area contributed by atoms with Crippen LogP contribution < -0.4 is 0 Å². The third-order valence-electron chi connectivity index (χ3n) is 6.84. The maximum atomic E-state index is 14.6. The highest BCUT2D eigenvalue weighted by Crippen LogP contribution is 2.37. The Kier molecular flexibility index (Phi) is 7.88. The number of hydrogen-bond acceptors (Lipinski definition) is 0. The van der Waals surface area contributed by atoms with E-state index in [9.17, 15) is 8.78 Å². The summed E-state index contributed by atoms with van der Waals surface area (Å²) in [6, 6.07) is 3.58. The van der Waals surface area contributed by atoms with Crippen molar-refractivity contribution in [2.45, 2.75) is 90.4 Å². The molecule has 1 fully saturated rings. The normalized spacial score (nSPS) is 25.9. The summed E-state index contributed by atoms with van der Waals surface area (Å²) in [4.78, 5) is 0. The van der Waals surface area contributed by atoms with E-state index in [0.717, 1.165) is 44.4 Å². The van der Waals surface area contributed by atoms with Crippen molar-refractivity contribution >= 4 is 6.08 Å². The first-order chi connectivity index (χ1) is 13.6. The zero-order chi connectivity index (χ0) is 19.9. The monoisotopic (exact) mass is 386 g/mol. The number of halogens is 2. The molecule has 28 heavy (non-hydrogen) atoms. The van der Waals surface area contributed by atoms with Gasteiger partial charge in [-0.15, -0.1) is 0 Å². The van der Waals surface area contributed by atoms with Crippen molar-refractivity contribution < 1.29 is 8.78 Å². The fourth-order valence-corrected chi connectivity index (χ4v) is 4.91. The van der Waals surface area contributed by atoms with Gasteiger partial charge in [0.25, 0.3) is 0 Å². The second-order valence-corrected chi connectivity index (χ2v) is 9.06. The van der Waals surface area contributed by atoms with E-state index in [0.29, 0.717) is 17.0 Å². The van der Waals surface area contributed by atoms with Crippen LogP contribution in [0.15, 0.2) is 29.9 Å². The topological polar surface area (TPSA) is 0 Å². The quantitative estimate of drug-likeness (QED) is 0.412. The first-order valence-corrected chi connectivity index (χ1v) is 11.4. The molecule has 0 heterocycles. The van der Waals surface area contributed by atoms with Gasteiger partial charge in [-0.3, -0.25) is 0 Å². The van der Waals surface area contributed by atoms with E-state index >= 15 is 0 Å². The fraction of sp³-hybridized carbons (Fsp3) is 0.615. The molecular formula is C26H36F2. The van der Waals surface area contributed by atoms with Gasteiger partial charge in [-0.25, -0.2) is 8.78 Å². The summed E-state index contributed by atoms with van der Waals surface area (Å²) in [5, 5.41) is 0. The van der Waals surface area contributed by atoms with Crippen LogP contribution in [0.4, 0.5) is 8.78 Å². The van der Waals surface area contributed by atoms with Crippen LogP contribution in [0.1, 0.15) is 102 Å². The van der Waals surface area contributed by atoms with Gasteiger partial charge < -0.3 is 0 Å². The molecule has 1 unspecified atom stereocenters. The number of hydrogen-bond donors (Lipinski definition) is 0. The second-order valence-electron chi connectivity index (χ2n) is 9.06. The maximum absolute atomic E-state index is 14.6. The third kappa shape index (κ3) is 5.55. The molecule has 1 aromatic rings. The van der Waals surface area contributed by atoms with Crippen molar-refractivity contribution in [2.24, 2.45) is 11.8 Å². The Labute approximate surface area is 170 Å². The smallest absolute Gasteiger partial charge is 0.166 e. The lowest BCUT2D eigenvalue weighted by Crippen LogP contribution is -2.13. The molecule has 0 radical (unpaired) electrons. The van der Waals surface area contributed by atoms with Crippen LogP contribution in [-0.4, -0.2) is 0 Å². The second kappa shape index (κ2) is 10.4. The van der Waals surface area contributed by atoms with Crippen LogP contribution in [0.3, 0.4) is 0 Å². The van der Waals surface area contributed by atoms with Crippen molar-refractivity contribution in [1.29, 1.82) is 0 Å². The van der Waals surface area contributed by atoms with E-state index < -0.39 is 11.6 Å². The lowest BCUT2D eigenvalue weighted by molar-refractivity contribution is 0.339. The summed E-state index contributed by atoms with van der Waals surface area (Å²) in [6.07, 6.45) is 18.6. The van der Waals surface area contributed by atoms with Crippen molar-refractivity contribution in [1.82, 2.24) is 0 Å². The van der Waals surface area contributed by atoms with E-state index in [2.05, 4.69) is 19.9 Å². The Morgan fingerprint density at radius 1 is 1.04 bits per heavy atom. The fourth-order valence-electron chi connectivity index (χ4n) is 4.91. The zero-order valence-corrected chi connectivity index (χ0v) is 17.7. The van der Waals surface area contributed by atoms with Crippen LogP contribution >= 0.6 is 0 Å². The molecule has 2 aliphatic carbocycles. The molecule has 0 aromatic heterocycles. The van der Waals surface area contributed by atoms with Crippen LogP contribution in [-0.2, 0) is 0 Å². The average Bonchev–Trinajstić information content (AvgIpc) is 2.71. The first-order valence-electron chi connectivity index (χ1n) is 11.4. The predicted octanol–water partition coefficient (Wildman–Crippen LogP) is 8.58. The lowest BCUT2D eigenvalue weighted by Gasteiger charge is -2.27. The third-order valence-corrected chi connectivity index (χ3v) is 6.84. The minimum Gasteiger partial charge on any atom is -0.203 e. The number of allylic oxidation sites excluding steroid dienone is 3. The molecular weight excluding hydrogens is 350 g/mol. The standard InChI is InChI=1S/C26H36F2/c1-3-6-20-11-13-21(14-12-20)7-4-5-8-23-17-18-24(26(28)25(23)27)22-15-9-19(2)10-16-22/h5,8,13,17-20,22H,3-4,6-7,9-12,14-16H2,1-2H3/b8-5+. The average molecular weight is 387 g/mol. The summed E-state index contributed by atoms with van der Waals surface area (Å²) < 4.78 is 29.2. The van der Waals surface area contributed by atoms with Gasteiger partial charge in [-0.2, -0.15) is 0 Å².